The first-order chi connectivity index (χ1) is 11.9. The number of benzene rings is 1. The Balaban J connectivity index is 2.03. The summed E-state index contributed by atoms with van der Waals surface area (Å²) in [4.78, 5) is 31.8. The van der Waals surface area contributed by atoms with Crippen LogP contribution in [0.25, 0.3) is 10.9 Å². The van der Waals surface area contributed by atoms with Crippen LogP contribution in [0.5, 0.6) is 0 Å². The van der Waals surface area contributed by atoms with Crippen LogP contribution in [-0.2, 0) is 16.6 Å². The number of fused-ring (bicyclic) bond motifs is 1. The first-order valence-corrected chi connectivity index (χ1v) is 8.77. The SMILES string of the molecule is COCCN(C(=O)C1CC1)C(C)c1nc2ccc(Cl)cc2c(=O)n1C. The molecule has 0 bridgehead atoms. The van der Waals surface area contributed by atoms with Crippen molar-refractivity contribution in [3.8, 4) is 0 Å². The molecule has 25 heavy (non-hydrogen) atoms. The number of ether oxygens (including phenoxy) is 1. The van der Waals surface area contributed by atoms with Gasteiger partial charge in [0.25, 0.3) is 5.56 Å². The normalized spacial score (nSPS) is 15.4. The molecule has 0 radical (unpaired) electrons. The summed E-state index contributed by atoms with van der Waals surface area (Å²) in [6, 6.07) is 4.75. The second-order valence-corrected chi connectivity index (χ2v) is 6.91. The number of halogens is 1. The van der Waals surface area contributed by atoms with E-state index in [-0.39, 0.29) is 23.4 Å². The van der Waals surface area contributed by atoms with Crippen molar-refractivity contribution < 1.29 is 9.53 Å². The number of hydrogen-bond acceptors (Lipinski definition) is 4. The Morgan fingerprint density at radius 1 is 1.48 bits per heavy atom. The zero-order valence-corrected chi connectivity index (χ0v) is 15.4. The Hall–Kier alpha value is -1.92. The predicted octanol–water partition coefficient (Wildman–Crippen LogP) is 2.53. The fourth-order valence-corrected chi connectivity index (χ4v) is 3.19. The third kappa shape index (κ3) is 3.55. The lowest BCUT2D eigenvalue weighted by atomic mass is 10.2. The summed E-state index contributed by atoms with van der Waals surface area (Å²) in [6.45, 7) is 2.82. The van der Waals surface area contributed by atoms with Gasteiger partial charge in [-0.15, -0.1) is 0 Å². The van der Waals surface area contributed by atoms with Gasteiger partial charge in [-0.25, -0.2) is 4.98 Å². The van der Waals surface area contributed by atoms with Gasteiger partial charge in [-0.2, -0.15) is 0 Å². The zero-order valence-electron chi connectivity index (χ0n) is 14.7. The highest BCUT2D eigenvalue weighted by molar-refractivity contribution is 6.31. The number of amides is 1. The molecule has 1 amide bonds. The Labute approximate surface area is 151 Å². The number of aromatic nitrogens is 2. The summed E-state index contributed by atoms with van der Waals surface area (Å²) >= 11 is 5.99. The van der Waals surface area contributed by atoms with E-state index in [1.165, 1.54) is 4.57 Å². The molecular formula is C18H22ClN3O3. The number of hydrogen-bond donors (Lipinski definition) is 0. The molecule has 0 spiro atoms. The summed E-state index contributed by atoms with van der Waals surface area (Å²) < 4.78 is 6.65. The van der Waals surface area contributed by atoms with E-state index in [0.717, 1.165) is 12.8 Å². The summed E-state index contributed by atoms with van der Waals surface area (Å²) in [5.74, 6) is 0.760. The molecule has 7 heteroatoms. The van der Waals surface area contributed by atoms with E-state index in [1.54, 1.807) is 37.3 Å². The maximum atomic E-state index is 12.7. The van der Waals surface area contributed by atoms with Crippen LogP contribution in [0.1, 0.15) is 31.6 Å². The van der Waals surface area contributed by atoms with Crippen LogP contribution in [0.4, 0.5) is 0 Å². The average molecular weight is 364 g/mol. The Kier molecular flexibility index (Phi) is 5.11. The van der Waals surface area contributed by atoms with Crippen molar-refractivity contribution in [1.29, 1.82) is 0 Å². The molecule has 6 nitrogen and oxygen atoms in total. The number of rotatable bonds is 6. The number of carbonyl (C=O) groups is 1. The minimum Gasteiger partial charge on any atom is -0.383 e. The molecule has 1 unspecified atom stereocenters. The van der Waals surface area contributed by atoms with Crippen LogP contribution >= 0.6 is 11.6 Å². The molecule has 1 saturated carbocycles. The van der Waals surface area contributed by atoms with Gasteiger partial charge in [0, 0.05) is 31.6 Å². The van der Waals surface area contributed by atoms with E-state index < -0.39 is 0 Å². The van der Waals surface area contributed by atoms with Gasteiger partial charge in [-0.3, -0.25) is 14.2 Å². The molecule has 1 fully saturated rings. The minimum absolute atomic E-state index is 0.0931. The largest absolute Gasteiger partial charge is 0.383 e. The van der Waals surface area contributed by atoms with Gasteiger partial charge in [0.05, 0.1) is 23.6 Å². The van der Waals surface area contributed by atoms with Crippen molar-refractivity contribution >= 4 is 28.4 Å². The van der Waals surface area contributed by atoms with Crippen LogP contribution in [-0.4, -0.2) is 40.6 Å². The zero-order chi connectivity index (χ0) is 18.1. The van der Waals surface area contributed by atoms with E-state index in [2.05, 4.69) is 4.98 Å². The van der Waals surface area contributed by atoms with E-state index in [0.29, 0.717) is 34.9 Å². The minimum atomic E-state index is -0.318. The van der Waals surface area contributed by atoms with E-state index in [9.17, 15) is 9.59 Å². The Morgan fingerprint density at radius 3 is 2.84 bits per heavy atom. The van der Waals surface area contributed by atoms with Gasteiger partial charge in [-0.05, 0) is 38.0 Å². The molecule has 0 saturated heterocycles. The first-order valence-electron chi connectivity index (χ1n) is 8.39. The predicted molar refractivity (Wildman–Crippen MR) is 96.7 cm³/mol. The lowest BCUT2D eigenvalue weighted by Crippen LogP contribution is -2.39. The van der Waals surface area contributed by atoms with Crippen LogP contribution in [0, 0.1) is 5.92 Å². The molecule has 1 atom stereocenters. The fraction of sp³-hybridized carbons (Fsp3) is 0.500. The van der Waals surface area contributed by atoms with Gasteiger partial charge in [0.2, 0.25) is 5.91 Å². The summed E-state index contributed by atoms with van der Waals surface area (Å²) in [6.07, 6.45) is 1.86. The fourth-order valence-electron chi connectivity index (χ4n) is 3.02. The molecule has 1 aromatic carbocycles. The highest BCUT2D eigenvalue weighted by atomic mass is 35.5. The lowest BCUT2D eigenvalue weighted by molar-refractivity contribution is -0.135. The smallest absolute Gasteiger partial charge is 0.261 e. The highest BCUT2D eigenvalue weighted by Crippen LogP contribution is 2.33. The number of nitrogens with zero attached hydrogens (tertiary/aromatic N) is 3. The average Bonchev–Trinajstić information content (AvgIpc) is 3.43. The standard InChI is InChI=1S/C18H22ClN3O3/c1-11(22(8-9-25-3)17(23)12-4-5-12)16-20-15-7-6-13(19)10-14(15)18(24)21(16)2/h6-7,10-12H,4-5,8-9H2,1-3H3. The molecular weight excluding hydrogens is 342 g/mol. The summed E-state index contributed by atoms with van der Waals surface area (Å²) in [5, 5.41) is 0.973. The second-order valence-electron chi connectivity index (χ2n) is 6.47. The quantitative estimate of drug-likeness (QED) is 0.791. The third-order valence-corrected chi connectivity index (χ3v) is 4.89. The van der Waals surface area contributed by atoms with Crippen LogP contribution < -0.4 is 5.56 Å². The Bertz CT molecular complexity index is 861. The van der Waals surface area contributed by atoms with Crippen molar-refractivity contribution in [2.75, 3.05) is 20.3 Å². The van der Waals surface area contributed by atoms with Crippen LogP contribution in [0.2, 0.25) is 5.02 Å². The van der Waals surface area contributed by atoms with Crippen molar-refractivity contribution in [3.05, 3.63) is 39.4 Å². The van der Waals surface area contributed by atoms with Crippen LogP contribution in [0.3, 0.4) is 0 Å². The van der Waals surface area contributed by atoms with Crippen molar-refractivity contribution in [2.24, 2.45) is 13.0 Å². The molecule has 3 rings (SSSR count). The van der Waals surface area contributed by atoms with Crippen molar-refractivity contribution in [1.82, 2.24) is 14.5 Å². The molecule has 0 aliphatic heterocycles. The molecule has 134 valence electrons. The molecule has 1 heterocycles. The molecule has 0 N–H and O–H groups in total. The molecule has 2 aromatic rings. The Morgan fingerprint density at radius 2 is 2.20 bits per heavy atom. The topological polar surface area (TPSA) is 64.4 Å². The van der Waals surface area contributed by atoms with Gasteiger partial charge < -0.3 is 9.64 Å². The van der Waals surface area contributed by atoms with Gasteiger partial charge in [0.15, 0.2) is 0 Å². The van der Waals surface area contributed by atoms with Crippen molar-refractivity contribution in [3.63, 3.8) is 0 Å². The first kappa shape index (κ1) is 17.9. The molecule has 1 aliphatic rings. The summed E-state index contributed by atoms with van der Waals surface area (Å²) in [5.41, 5.74) is 0.417. The monoisotopic (exact) mass is 363 g/mol. The van der Waals surface area contributed by atoms with Crippen molar-refractivity contribution in [2.45, 2.75) is 25.8 Å². The van der Waals surface area contributed by atoms with Gasteiger partial charge in [-0.1, -0.05) is 11.6 Å². The molecule has 1 aliphatic carbocycles. The van der Waals surface area contributed by atoms with E-state index in [1.807, 2.05) is 6.92 Å². The lowest BCUT2D eigenvalue weighted by Gasteiger charge is -2.30. The second kappa shape index (κ2) is 7.14. The number of methoxy groups -OCH3 is 1. The third-order valence-electron chi connectivity index (χ3n) is 4.66. The van der Waals surface area contributed by atoms with Gasteiger partial charge in [0.1, 0.15) is 5.82 Å². The maximum absolute atomic E-state index is 12.7. The van der Waals surface area contributed by atoms with Gasteiger partial charge >= 0.3 is 0 Å². The maximum Gasteiger partial charge on any atom is 0.261 e. The highest BCUT2D eigenvalue weighted by Gasteiger charge is 2.36. The van der Waals surface area contributed by atoms with E-state index in [4.69, 9.17) is 16.3 Å². The van der Waals surface area contributed by atoms with E-state index >= 15 is 0 Å². The number of carbonyl (C=O) groups excluding carboxylic acids is 1. The van der Waals surface area contributed by atoms with Crippen LogP contribution in [0.15, 0.2) is 23.0 Å². The summed E-state index contributed by atoms with van der Waals surface area (Å²) in [7, 11) is 3.29. The molecule has 1 aromatic heterocycles.